The Morgan fingerprint density at radius 1 is 1.00 bits per heavy atom. The number of carboxylic acid groups (broad SMARTS) is 1. The van der Waals surface area contributed by atoms with Crippen LogP contribution in [0.25, 0.3) is 10.9 Å². The predicted molar refractivity (Wildman–Crippen MR) is 90.6 cm³/mol. The summed E-state index contributed by atoms with van der Waals surface area (Å²) in [6, 6.07) is 19.1. The quantitative estimate of drug-likeness (QED) is 0.711. The van der Waals surface area contributed by atoms with E-state index in [1.54, 1.807) is 0 Å². The summed E-state index contributed by atoms with van der Waals surface area (Å²) in [5, 5.41) is 19.1. The van der Waals surface area contributed by atoms with E-state index in [2.05, 4.69) is 0 Å². The van der Waals surface area contributed by atoms with Gasteiger partial charge >= 0.3 is 5.30 Å². The molecule has 0 saturated carbocycles. The van der Waals surface area contributed by atoms with E-state index in [9.17, 15) is 15.0 Å². The fourth-order valence-electron chi connectivity index (χ4n) is 2.44. The van der Waals surface area contributed by atoms with Crippen LogP contribution in [0.2, 0.25) is 0 Å². The van der Waals surface area contributed by atoms with Crippen molar-refractivity contribution in [1.29, 1.82) is 0 Å². The molecule has 1 aromatic heterocycles. The summed E-state index contributed by atoms with van der Waals surface area (Å²) in [4.78, 5) is 12.2. The van der Waals surface area contributed by atoms with Crippen LogP contribution in [0, 0.1) is 0 Å². The standard InChI is InChI=1S/C17H15NO3S/c19-12-22(17(20)21)16(14-7-2-1-3-8-14)18-11-10-13-6-4-5-9-15(13)18/h1-11,19H,12H2,(H,20,21). The molecule has 0 radical (unpaired) electrons. The molecule has 112 valence electrons. The van der Waals surface area contributed by atoms with Gasteiger partial charge in [0.2, 0.25) is 0 Å². The second kappa shape index (κ2) is 6.17. The summed E-state index contributed by atoms with van der Waals surface area (Å²) in [6.45, 7) is 0. The molecule has 2 N–H and O–H groups in total. The molecule has 0 aliphatic carbocycles. The molecule has 1 heterocycles. The van der Waals surface area contributed by atoms with Gasteiger partial charge in [-0.1, -0.05) is 48.5 Å². The van der Waals surface area contributed by atoms with E-state index in [1.165, 1.54) is 0 Å². The summed E-state index contributed by atoms with van der Waals surface area (Å²) in [5.74, 6) is -0.425. The van der Waals surface area contributed by atoms with Crippen molar-refractivity contribution in [2.75, 3.05) is 5.94 Å². The van der Waals surface area contributed by atoms with Crippen LogP contribution in [0.15, 0.2) is 66.9 Å². The monoisotopic (exact) mass is 313 g/mol. The third-order valence-electron chi connectivity index (χ3n) is 3.41. The van der Waals surface area contributed by atoms with Crippen LogP contribution in [0.1, 0.15) is 5.56 Å². The highest BCUT2D eigenvalue weighted by atomic mass is 32.2. The Morgan fingerprint density at radius 3 is 2.36 bits per heavy atom. The van der Waals surface area contributed by atoms with Crippen LogP contribution in [0.3, 0.4) is 0 Å². The number of benzene rings is 2. The smallest absolute Gasteiger partial charge is 0.363 e. The van der Waals surface area contributed by atoms with Crippen molar-refractivity contribution in [2.24, 2.45) is 0 Å². The van der Waals surface area contributed by atoms with Crippen LogP contribution in [0.4, 0.5) is 4.79 Å². The van der Waals surface area contributed by atoms with Gasteiger partial charge in [-0.05, 0) is 28.0 Å². The van der Waals surface area contributed by atoms with E-state index in [0.717, 1.165) is 16.5 Å². The van der Waals surface area contributed by atoms with E-state index in [0.29, 0.717) is 4.99 Å². The molecule has 0 fully saturated rings. The normalized spacial score (nSPS) is 13.0. The Balaban J connectivity index is 2.34. The minimum atomic E-state index is -1.31. The van der Waals surface area contributed by atoms with Crippen molar-refractivity contribution in [1.82, 2.24) is 4.57 Å². The number of hydrogen-bond acceptors (Lipinski definition) is 2. The highest BCUT2D eigenvalue weighted by Crippen LogP contribution is 2.25. The molecule has 1 unspecified atom stereocenters. The molecule has 1 atom stereocenters. The molecule has 0 amide bonds. The van der Waals surface area contributed by atoms with E-state index in [1.807, 2.05) is 71.4 Å². The average Bonchev–Trinajstić information content (AvgIpc) is 2.96. The lowest BCUT2D eigenvalue weighted by atomic mass is 10.2. The number of aromatic nitrogens is 1. The number of aliphatic hydroxyl groups is 1. The molecule has 0 spiro atoms. The maximum absolute atomic E-state index is 11.6. The zero-order chi connectivity index (χ0) is 15.5. The lowest BCUT2D eigenvalue weighted by Gasteiger charge is -2.15. The zero-order valence-electron chi connectivity index (χ0n) is 11.7. The summed E-state index contributed by atoms with van der Waals surface area (Å²) in [6.07, 6.45) is 1.85. The van der Waals surface area contributed by atoms with Gasteiger partial charge in [0.15, 0.2) is 0 Å². The lowest BCUT2D eigenvalue weighted by Crippen LogP contribution is -2.16. The number of para-hydroxylation sites is 1. The van der Waals surface area contributed by atoms with Crippen molar-refractivity contribution in [3.8, 4) is 0 Å². The molecule has 5 heteroatoms. The Bertz CT molecular complexity index is 852. The Hall–Kier alpha value is -2.37. The van der Waals surface area contributed by atoms with E-state index < -0.39 is 21.7 Å². The van der Waals surface area contributed by atoms with Crippen molar-refractivity contribution in [2.45, 2.75) is 0 Å². The first-order chi connectivity index (χ1) is 10.7. The number of fused-ring (bicyclic) bond motifs is 1. The van der Waals surface area contributed by atoms with Crippen LogP contribution >= 0.6 is 10.5 Å². The van der Waals surface area contributed by atoms with Crippen LogP contribution in [0.5, 0.6) is 0 Å². The molecular formula is C17H15NO3S. The largest absolute Gasteiger partial charge is 0.473 e. The van der Waals surface area contributed by atoms with Crippen LogP contribution < -0.4 is 0 Å². The average molecular weight is 313 g/mol. The van der Waals surface area contributed by atoms with Crippen molar-refractivity contribution in [3.05, 3.63) is 72.4 Å². The van der Waals surface area contributed by atoms with Gasteiger partial charge < -0.3 is 14.8 Å². The highest BCUT2D eigenvalue weighted by Gasteiger charge is 2.17. The van der Waals surface area contributed by atoms with Crippen molar-refractivity contribution < 1.29 is 15.0 Å². The SMILES string of the molecule is O=C(O)S(CO)=C(c1ccccc1)n1ccc2ccccc21. The van der Waals surface area contributed by atoms with Gasteiger partial charge in [0.25, 0.3) is 0 Å². The second-order valence-corrected chi connectivity index (χ2v) is 6.48. The number of hydrogen-bond donors (Lipinski definition) is 2. The topological polar surface area (TPSA) is 62.5 Å². The van der Waals surface area contributed by atoms with Gasteiger partial charge in [-0.15, -0.1) is 0 Å². The molecule has 22 heavy (non-hydrogen) atoms. The van der Waals surface area contributed by atoms with Crippen LogP contribution in [-0.4, -0.2) is 31.0 Å². The van der Waals surface area contributed by atoms with Crippen LogP contribution in [-0.2, 0) is 0 Å². The first-order valence-corrected chi connectivity index (χ1v) is 8.15. The van der Waals surface area contributed by atoms with Gasteiger partial charge in [-0.3, -0.25) is 0 Å². The fraction of sp³-hybridized carbons (Fsp3) is 0.0588. The number of rotatable bonds is 2. The van der Waals surface area contributed by atoms with E-state index in [4.69, 9.17) is 0 Å². The highest BCUT2D eigenvalue weighted by molar-refractivity contribution is 8.28. The molecule has 0 bridgehead atoms. The summed E-state index contributed by atoms with van der Waals surface area (Å²) in [5.41, 5.74) is 1.72. The van der Waals surface area contributed by atoms with Crippen molar-refractivity contribution in [3.63, 3.8) is 0 Å². The van der Waals surface area contributed by atoms with Gasteiger partial charge in [-0.25, -0.2) is 4.79 Å². The van der Waals surface area contributed by atoms with E-state index in [-0.39, 0.29) is 0 Å². The first kappa shape index (κ1) is 14.6. The molecular weight excluding hydrogens is 298 g/mol. The molecule has 0 aliphatic heterocycles. The second-order valence-electron chi connectivity index (χ2n) is 4.70. The first-order valence-electron chi connectivity index (χ1n) is 6.76. The zero-order valence-corrected chi connectivity index (χ0v) is 12.5. The summed E-state index contributed by atoms with van der Waals surface area (Å²) in [7, 11) is -1.31. The van der Waals surface area contributed by atoms with Crippen molar-refractivity contribution >= 4 is 31.7 Å². The lowest BCUT2D eigenvalue weighted by molar-refractivity contribution is 0.221. The summed E-state index contributed by atoms with van der Waals surface area (Å²) >= 11 is 0. The number of carbonyl (C=O) groups is 1. The maximum Gasteiger partial charge on any atom is 0.363 e. The minimum Gasteiger partial charge on any atom is -0.473 e. The minimum absolute atomic E-state index is 0.425. The fourth-order valence-corrected chi connectivity index (χ4v) is 3.66. The molecule has 3 rings (SSSR count). The Labute approximate surface area is 130 Å². The summed E-state index contributed by atoms with van der Waals surface area (Å²) < 4.78 is 1.86. The number of nitrogens with zero attached hydrogens (tertiary/aromatic N) is 1. The van der Waals surface area contributed by atoms with E-state index >= 15 is 0 Å². The Morgan fingerprint density at radius 2 is 1.68 bits per heavy atom. The maximum atomic E-state index is 11.6. The molecule has 0 saturated heterocycles. The predicted octanol–water partition coefficient (Wildman–Crippen LogP) is 3.56. The van der Waals surface area contributed by atoms with Gasteiger partial charge in [-0.2, -0.15) is 0 Å². The molecule has 2 aromatic carbocycles. The van der Waals surface area contributed by atoms with Gasteiger partial charge in [0.1, 0.15) is 0 Å². The molecule has 0 aliphatic rings. The molecule has 4 nitrogen and oxygen atoms in total. The number of aliphatic hydroxyl groups excluding tert-OH is 1. The molecule has 3 aromatic rings. The third-order valence-corrected chi connectivity index (χ3v) is 4.99. The van der Waals surface area contributed by atoms with Gasteiger partial charge in [0.05, 0.1) is 16.4 Å². The Kier molecular flexibility index (Phi) is 4.09. The van der Waals surface area contributed by atoms with Gasteiger partial charge in [0, 0.05) is 11.8 Å². The third kappa shape index (κ3) is 2.56.